The second-order valence-electron chi connectivity index (χ2n) is 7.48. The highest BCUT2D eigenvalue weighted by molar-refractivity contribution is 7.98. The number of nitrogens with zero attached hydrogens (tertiary/aromatic N) is 3. The maximum atomic E-state index is 12.5. The van der Waals surface area contributed by atoms with Crippen LogP contribution in [0.5, 0.6) is 0 Å². The van der Waals surface area contributed by atoms with E-state index in [4.69, 9.17) is 5.73 Å². The number of rotatable bonds is 6. The van der Waals surface area contributed by atoms with Crippen LogP contribution < -0.4 is 16.0 Å². The smallest absolute Gasteiger partial charge is 0.237 e. The average Bonchev–Trinajstić information content (AvgIpc) is 2.70. The van der Waals surface area contributed by atoms with Crippen LogP contribution in [0, 0.1) is 17.2 Å². The van der Waals surface area contributed by atoms with Gasteiger partial charge in [-0.3, -0.25) is 9.78 Å². The highest BCUT2D eigenvalue weighted by Crippen LogP contribution is 2.31. The van der Waals surface area contributed by atoms with Crippen LogP contribution in [0.15, 0.2) is 30.5 Å². The van der Waals surface area contributed by atoms with Crippen molar-refractivity contribution in [3.63, 3.8) is 0 Å². The molecule has 0 aliphatic carbocycles. The number of thioether (sulfide) groups is 1. The van der Waals surface area contributed by atoms with Crippen molar-refractivity contribution in [2.45, 2.75) is 31.8 Å². The number of carbonyl (C=O) groups is 1. The van der Waals surface area contributed by atoms with E-state index in [1.807, 2.05) is 30.5 Å². The topological polar surface area (TPSA) is 95.0 Å². The molecular formula is C21H27N5OS. The summed E-state index contributed by atoms with van der Waals surface area (Å²) in [5, 5.41) is 13.5. The van der Waals surface area contributed by atoms with Crippen LogP contribution in [0.25, 0.3) is 10.9 Å². The van der Waals surface area contributed by atoms with Crippen molar-refractivity contribution in [3.05, 3.63) is 36.0 Å². The first-order valence-corrected chi connectivity index (χ1v) is 11.0. The molecule has 2 aromatic rings. The molecule has 6 nitrogen and oxygen atoms in total. The van der Waals surface area contributed by atoms with E-state index in [0.29, 0.717) is 17.9 Å². The zero-order chi connectivity index (χ0) is 20.1. The highest BCUT2D eigenvalue weighted by Gasteiger charge is 2.28. The van der Waals surface area contributed by atoms with E-state index in [-0.39, 0.29) is 11.9 Å². The summed E-state index contributed by atoms with van der Waals surface area (Å²) in [6.45, 7) is 3.82. The minimum atomic E-state index is -0.460. The van der Waals surface area contributed by atoms with Gasteiger partial charge in [-0.05, 0) is 55.0 Å². The molecule has 0 saturated carbocycles. The second-order valence-corrected chi connectivity index (χ2v) is 8.47. The molecule has 1 aromatic heterocycles. The number of anilines is 1. The lowest BCUT2D eigenvalue weighted by atomic mass is 9.94. The maximum absolute atomic E-state index is 12.5. The van der Waals surface area contributed by atoms with Gasteiger partial charge >= 0.3 is 0 Å². The quantitative estimate of drug-likeness (QED) is 0.778. The number of fused-ring (bicyclic) bond motifs is 1. The number of aromatic nitrogens is 1. The molecule has 3 N–H and O–H groups in total. The summed E-state index contributed by atoms with van der Waals surface area (Å²) in [6.07, 6.45) is 5.35. The zero-order valence-corrected chi connectivity index (χ0v) is 17.2. The summed E-state index contributed by atoms with van der Waals surface area (Å²) in [6, 6.07) is 9.53. The number of amides is 1. The van der Waals surface area contributed by atoms with E-state index in [0.717, 1.165) is 41.9 Å². The molecule has 2 heterocycles. The van der Waals surface area contributed by atoms with Gasteiger partial charge in [0.1, 0.15) is 6.07 Å². The number of nitriles is 1. The Balaban J connectivity index is 1.79. The van der Waals surface area contributed by atoms with Crippen LogP contribution in [0.3, 0.4) is 0 Å². The molecule has 7 heteroatoms. The molecule has 3 atom stereocenters. The van der Waals surface area contributed by atoms with Gasteiger partial charge in [0.2, 0.25) is 5.91 Å². The summed E-state index contributed by atoms with van der Waals surface area (Å²) < 4.78 is 0. The molecule has 1 aromatic carbocycles. The van der Waals surface area contributed by atoms with E-state index in [1.54, 1.807) is 18.0 Å². The highest BCUT2D eigenvalue weighted by atomic mass is 32.2. The second kappa shape index (κ2) is 9.26. The Kier molecular flexibility index (Phi) is 6.76. The van der Waals surface area contributed by atoms with Gasteiger partial charge in [0.25, 0.3) is 0 Å². The van der Waals surface area contributed by atoms with Crippen molar-refractivity contribution in [1.29, 1.82) is 5.26 Å². The van der Waals surface area contributed by atoms with Crippen LogP contribution in [0.4, 0.5) is 5.69 Å². The Morgan fingerprint density at radius 3 is 3.04 bits per heavy atom. The van der Waals surface area contributed by atoms with Crippen molar-refractivity contribution in [1.82, 2.24) is 10.3 Å². The van der Waals surface area contributed by atoms with Crippen molar-refractivity contribution < 1.29 is 4.79 Å². The van der Waals surface area contributed by atoms with Crippen molar-refractivity contribution >= 4 is 34.3 Å². The number of carbonyl (C=O) groups excluding carboxylic acids is 1. The van der Waals surface area contributed by atoms with Gasteiger partial charge in [-0.15, -0.1) is 0 Å². The number of hydrogen-bond donors (Lipinski definition) is 2. The third-order valence-electron chi connectivity index (χ3n) is 5.18. The van der Waals surface area contributed by atoms with Gasteiger partial charge in [0, 0.05) is 36.4 Å². The minimum Gasteiger partial charge on any atom is -0.369 e. The van der Waals surface area contributed by atoms with E-state index in [1.165, 1.54) is 0 Å². The predicted molar refractivity (Wildman–Crippen MR) is 115 cm³/mol. The monoisotopic (exact) mass is 397 g/mol. The third kappa shape index (κ3) is 4.57. The molecule has 1 aliphatic heterocycles. The van der Waals surface area contributed by atoms with Crippen molar-refractivity contribution in [2.24, 2.45) is 11.7 Å². The maximum Gasteiger partial charge on any atom is 0.237 e. The van der Waals surface area contributed by atoms with Crippen LogP contribution >= 0.6 is 11.8 Å². The molecule has 148 valence electrons. The van der Waals surface area contributed by atoms with Crippen LogP contribution in [0.1, 0.15) is 25.3 Å². The first-order chi connectivity index (χ1) is 13.5. The molecular weight excluding hydrogens is 370 g/mol. The molecule has 0 bridgehead atoms. The molecule has 3 rings (SSSR count). The molecule has 1 aliphatic rings. The van der Waals surface area contributed by atoms with E-state index >= 15 is 0 Å². The molecule has 1 saturated heterocycles. The van der Waals surface area contributed by atoms with Gasteiger partial charge in [-0.1, -0.05) is 6.92 Å². The first-order valence-electron chi connectivity index (χ1n) is 9.61. The summed E-state index contributed by atoms with van der Waals surface area (Å²) >= 11 is 1.70. The fraction of sp³-hybridized carbons (Fsp3) is 0.476. The summed E-state index contributed by atoms with van der Waals surface area (Å²) in [5.41, 5.74) is 8.38. The van der Waals surface area contributed by atoms with Crippen molar-refractivity contribution in [2.75, 3.05) is 30.0 Å². The van der Waals surface area contributed by atoms with E-state index in [9.17, 15) is 10.1 Å². The lowest BCUT2D eigenvalue weighted by Crippen LogP contribution is -2.53. The lowest BCUT2D eigenvalue weighted by molar-refractivity contribution is -0.123. The Bertz CT molecular complexity index is 881. The predicted octanol–water partition coefficient (Wildman–Crippen LogP) is 2.52. The summed E-state index contributed by atoms with van der Waals surface area (Å²) in [4.78, 5) is 19.2. The molecule has 28 heavy (non-hydrogen) atoms. The molecule has 1 amide bonds. The molecule has 3 unspecified atom stereocenters. The fourth-order valence-electron chi connectivity index (χ4n) is 3.86. The average molecular weight is 398 g/mol. The SMILES string of the molecule is CSCCC(N)C(=O)NC1CC(C)CN(c2ccc(C#N)c3ncccc23)C1. The Morgan fingerprint density at radius 2 is 2.29 bits per heavy atom. The Morgan fingerprint density at radius 1 is 1.46 bits per heavy atom. The fourth-order valence-corrected chi connectivity index (χ4v) is 4.35. The van der Waals surface area contributed by atoms with Crippen LogP contribution in [0.2, 0.25) is 0 Å². The lowest BCUT2D eigenvalue weighted by Gasteiger charge is -2.39. The zero-order valence-electron chi connectivity index (χ0n) is 16.4. The first kappa shape index (κ1) is 20.4. The number of piperidine rings is 1. The van der Waals surface area contributed by atoms with Crippen LogP contribution in [-0.4, -0.2) is 48.1 Å². The number of benzene rings is 1. The number of hydrogen-bond acceptors (Lipinski definition) is 6. The van der Waals surface area contributed by atoms with Crippen LogP contribution in [-0.2, 0) is 4.79 Å². The van der Waals surface area contributed by atoms with E-state index in [2.05, 4.69) is 28.2 Å². The van der Waals surface area contributed by atoms with Gasteiger partial charge in [0.15, 0.2) is 0 Å². The number of nitrogens with one attached hydrogen (secondary N) is 1. The third-order valence-corrected chi connectivity index (χ3v) is 5.83. The van der Waals surface area contributed by atoms with Crippen molar-refractivity contribution in [3.8, 4) is 6.07 Å². The number of nitrogens with two attached hydrogens (primary N) is 1. The van der Waals surface area contributed by atoms with Gasteiger partial charge in [-0.2, -0.15) is 17.0 Å². The number of pyridine rings is 1. The molecule has 1 fully saturated rings. The van der Waals surface area contributed by atoms with Gasteiger partial charge < -0.3 is 16.0 Å². The summed E-state index contributed by atoms with van der Waals surface area (Å²) in [5.74, 6) is 1.25. The normalized spacial score (nSPS) is 20.6. The standard InChI is InChI=1S/C21H27N5OS/c1-14-10-16(25-21(27)18(23)7-9-28-2)13-26(12-14)19-6-5-15(11-22)20-17(19)4-3-8-24-20/h3-6,8,14,16,18H,7,9-10,12-13,23H2,1-2H3,(H,25,27). The minimum absolute atomic E-state index is 0.0546. The molecule has 0 radical (unpaired) electrons. The summed E-state index contributed by atoms with van der Waals surface area (Å²) in [7, 11) is 0. The van der Waals surface area contributed by atoms with Gasteiger partial charge in [0.05, 0.1) is 17.1 Å². The van der Waals surface area contributed by atoms with Gasteiger partial charge in [-0.25, -0.2) is 0 Å². The van der Waals surface area contributed by atoms with E-state index < -0.39 is 6.04 Å². The molecule has 0 spiro atoms. The Hall–Kier alpha value is -2.30. The Labute approximate surface area is 170 Å². The largest absolute Gasteiger partial charge is 0.369 e.